The molecule has 1 heterocycles. The Morgan fingerprint density at radius 1 is 1.13 bits per heavy atom. The molecule has 1 unspecified atom stereocenters. The van der Waals surface area contributed by atoms with Crippen LogP contribution in [0, 0.1) is 17.5 Å². The van der Waals surface area contributed by atoms with E-state index in [0.29, 0.717) is 28.6 Å². The molecule has 39 heavy (non-hydrogen) atoms. The van der Waals surface area contributed by atoms with Crippen molar-refractivity contribution in [2.24, 2.45) is 0 Å². The molecule has 1 aromatic heterocycles. The fourth-order valence-electron chi connectivity index (χ4n) is 4.61. The summed E-state index contributed by atoms with van der Waals surface area (Å²) in [5.74, 6) is -3.25. The van der Waals surface area contributed by atoms with Crippen LogP contribution in [0.25, 0.3) is 22.3 Å². The van der Waals surface area contributed by atoms with Crippen molar-refractivity contribution in [2.75, 3.05) is 11.4 Å². The summed E-state index contributed by atoms with van der Waals surface area (Å²) in [4.78, 5) is 12.9. The zero-order valence-corrected chi connectivity index (χ0v) is 21.2. The maximum Gasteiger partial charge on any atom is 0.494 e. The summed E-state index contributed by atoms with van der Waals surface area (Å²) in [6, 6.07) is 10.2. The van der Waals surface area contributed by atoms with Gasteiger partial charge in [-0.05, 0) is 78.4 Å². The molecular formula is C26H21BF3N2O6S-. The average molecular weight is 557 g/mol. The quantitative estimate of drug-likeness (QED) is 0.226. The number of rotatable bonds is 8. The van der Waals surface area contributed by atoms with Crippen molar-refractivity contribution in [1.82, 2.24) is 5.32 Å². The normalized spacial score (nSPS) is 13.9. The van der Waals surface area contributed by atoms with Crippen molar-refractivity contribution >= 4 is 46.4 Å². The zero-order valence-electron chi connectivity index (χ0n) is 20.4. The predicted molar refractivity (Wildman–Crippen MR) is 138 cm³/mol. The fraction of sp³-hybridized carbons (Fsp3) is 0.192. The molecular weight excluding hydrogens is 536 g/mol. The van der Waals surface area contributed by atoms with Crippen LogP contribution in [0.1, 0.15) is 40.2 Å². The van der Waals surface area contributed by atoms with Crippen LogP contribution in [0.4, 0.5) is 18.9 Å². The molecule has 0 saturated heterocycles. The van der Waals surface area contributed by atoms with Crippen molar-refractivity contribution in [1.29, 1.82) is 0 Å². The lowest BCUT2D eigenvalue weighted by Crippen LogP contribution is -2.36. The van der Waals surface area contributed by atoms with E-state index in [1.165, 1.54) is 31.3 Å². The summed E-state index contributed by atoms with van der Waals surface area (Å²) in [5, 5.41) is 21.5. The molecule has 1 saturated carbocycles. The number of carbonyl (C=O) groups excluding carboxylic acids is 1. The number of carbonyl (C=O) groups is 1. The van der Waals surface area contributed by atoms with Gasteiger partial charge in [-0.2, -0.15) is 0 Å². The van der Waals surface area contributed by atoms with E-state index >= 15 is 0 Å². The first-order valence-electron chi connectivity index (χ1n) is 11.9. The monoisotopic (exact) mass is 557 g/mol. The molecule has 5 rings (SSSR count). The molecule has 202 valence electrons. The van der Waals surface area contributed by atoms with Gasteiger partial charge in [0, 0.05) is 29.3 Å². The predicted octanol–water partition coefficient (Wildman–Crippen LogP) is 3.23. The molecule has 1 atom stereocenters. The van der Waals surface area contributed by atoms with Crippen LogP contribution in [-0.2, 0) is 17.8 Å². The van der Waals surface area contributed by atoms with E-state index in [2.05, 4.69) is 5.32 Å². The number of anilines is 1. The Morgan fingerprint density at radius 3 is 2.31 bits per heavy atom. The number of furan rings is 1. The lowest BCUT2D eigenvalue weighted by Gasteiger charge is -2.28. The number of halogens is 3. The molecule has 13 heteroatoms. The van der Waals surface area contributed by atoms with Gasteiger partial charge < -0.3 is 24.3 Å². The first-order valence-corrected chi connectivity index (χ1v) is 12.9. The molecule has 0 bridgehead atoms. The molecule has 1 amide bonds. The zero-order chi connectivity index (χ0) is 28.0. The Hall–Kier alpha value is -3.65. The number of hydrogen-bond acceptors (Lipinski definition) is 6. The molecule has 4 aromatic rings. The smallest absolute Gasteiger partial charge is 0.494 e. The second-order valence-corrected chi connectivity index (χ2v) is 10.0. The molecule has 3 aromatic carbocycles. The maximum atomic E-state index is 14.4. The highest BCUT2D eigenvalue weighted by Crippen LogP contribution is 2.45. The van der Waals surface area contributed by atoms with Crippen LogP contribution >= 0.6 is 0 Å². The second-order valence-electron chi connectivity index (χ2n) is 9.16. The van der Waals surface area contributed by atoms with Gasteiger partial charge in [-0.25, -0.2) is 13.2 Å². The number of benzene rings is 3. The molecule has 1 aliphatic rings. The van der Waals surface area contributed by atoms with Crippen molar-refractivity contribution in [3.63, 3.8) is 0 Å². The highest BCUT2D eigenvalue weighted by molar-refractivity contribution is 7.80. The fourth-order valence-corrected chi connectivity index (χ4v) is 5.14. The molecule has 0 aliphatic heterocycles. The molecule has 0 radical (unpaired) electrons. The van der Waals surface area contributed by atoms with Gasteiger partial charge in [-0.15, -0.1) is 0 Å². The third-order valence-corrected chi connectivity index (χ3v) is 7.33. The highest BCUT2D eigenvalue weighted by atomic mass is 32.2. The highest BCUT2D eigenvalue weighted by Gasteiger charge is 2.31. The lowest BCUT2D eigenvalue weighted by molar-refractivity contribution is 0.0964. The number of nitrogens with zero attached hydrogens (tertiary/aromatic N) is 1. The molecule has 0 spiro atoms. The summed E-state index contributed by atoms with van der Waals surface area (Å²) in [5.41, 5.74) is 0.838. The number of fused-ring (bicyclic) bond motifs is 1. The van der Waals surface area contributed by atoms with E-state index in [4.69, 9.17) is 4.42 Å². The largest absolute Gasteiger partial charge is 0.755 e. The van der Waals surface area contributed by atoms with Crippen molar-refractivity contribution < 1.29 is 41.2 Å². The maximum absolute atomic E-state index is 14.4. The Balaban J connectivity index is 1.64. The van der Waals surface area contributed by atoms with E-state index in [0.717, 1.165) is 22.7 Å². The van der Waals surface area contributed by atoms with Crippen LogP contribution < -0.4 is 15.1 Å². The van der Waals surface area contributed by atoms with Gasteiger partial charge in [0.05, 0.1) is 23.3 Å². The van der Waals surface area contributed by atoms with Gasteiger partial charge in [0.2, 0.25) is 0 Å². The first-order chi connectivity index (χ1) is 18.6. The second kappa shape index (κ2) is 10.5. The van der Waals surface area contributed by atoms with Crippen LogP contribution in [0.15, 0.2) is 52.9 Å². The molecule has 1 aliphatic carbocycles. The minimum atomic E-state index is -2.97. The summed E-state index contributed by atoms with van der Waals surface area (Å²) in [7, 11) is -0.954. The summed E-state index contributed by atoms with van der Waals surface area (Å²) in [6.07, 6.45) is 1.65. The Morgan fingerprint density at radius 2 is 1.77 bits per heavy atom. The van der Waals surface area contributed by atoms with Crippen LogP contribution in [0.3, 0.4) is 0 Å². The lowest BCUT2D eigenvalue weighted by atomic mass is 9.79. The minimum Gasteiger partial charge on any atom is -0.755 e. The van der Waals surface area contributed by atoms with Crippen LogP contribution in [0.5, 0.6) is 0 Å². The Kier molecular flexibility index (Phi) is 7.25. The molecule has 8 nitrogen and oxygen atoms in total. The van der Waals surface area contributed by atoms with Gasteiger partial charge in [0.25, 0.3) is 5.91 Å². The Labute approximate surface area is 223 Å². The van der Waals surface area contributed by atoms with Gasteiger partial charge in [0.15, 0.2) is 0 Å². The minimum absolute atomic E-state index is 0.0773. The molecule has 1 fully saturated rings. The SMILES string of the molecule is CNC(=O)c1c(-c2ccc(F)cc2)oc2cc(CN(c3cc(F)c(B(O)O)c(F)c3)S(=O)[O-])c(C3CC3)cc12. The third kappa shape index (κ3) is 5.18. The van der Waals surface area contributed by atoms with E-state index < -0.39 is 47.2 Å². The Bertz CT molecular complexity index is 1580. The van der Waals surface area contributed by atoms with E-state index in [-0.39, 0.29) is 35.1 Å². The van der Waals surface area contributed by atoms with E-state index in [1.807, 2.05) is 0 Å². The van der Waals surface area contributed by atoms with Crippen molar-refractivity contribution in [3.05, 3.63) is 82.7 Å². The van der Waals surface area contributed by atoms with Crippen molar-refractivity contribution in [2.45, 2.75) is 25.3 Å². The standard InChI is InChI=1S/C26H22BF3N2O6S/c1-31-26(33)23-19-11-18(13-2-3-13)15(8-22(19)38-25(23)14-4-6-16(28)7-5-14)12-32(39(36)37)17-9-20(29)24(27(34)35)21(30)10-17/h4-11,13,34-35H,2-3,12H2,1H3,(H,31,33)(H,36,37)/p-1. The number of amides is 1. The van der Waals surface area contributed by atoms with E-state index in [1.54, 1.807) is 12.1 Å². The van der Waals surface area contributed by atoms with Gasteiger partial charge in [0.1, 0.15) is 28.8 Å². The van der Waals surface area contributed by atoms with Gasteiger partial charge in [-0.3, -0.25) is 13.3 Å². The third-order valence-electron chi connectivity index (χ3n) is 6.63. The number of hydrogen-bond donors (Lipinski definition) is 3. The van der Waals surface area contributed by atoms with Gasteiger partial charge in [-0.1, -0.05) is 0 Å². The topological polar surface area (TPSA) is 126 Å². The van der Waals surface area contributed by atoms with Crippen LogP contribution in [0.2, 0.25) is 0 Å². The molecule has 3 N–H and O–H groups in total. The first kappa shape index (κ1) is 26.9. The van der Waals surface area contributed by atoms with Crippen molar-refractivity contribution in [3.8, 4) is 11.3 Å². The van der Waals surface area contributed by atoms with E-state index in [9.17, 15) is 36.8 Å². The summed E-state index contributed by atoms with van der Waals surface area (Å²) >= 11 is -2.97. The number of nitrogens with one attached hydrogen (secondary N) is 1. The summed E-state index contributed by atoms with van der Waals surface area (Å²) in [6.45, 7) is -0.320. The van der Waals surface area contributed by atoms with Crippen LogP contribution in [-0.4, -0.2) is 38.9 Å². The summed E-state index contributed by atoms with van der Waals surface area (Å²) < 4.78 is 73.5. The van der Waals surface area contributed by atoms with Gasteiger partial charge >= 0.3 is 7.12 Å². The average Bonchev–Trinajstić information content (AvgIpc) is 3.66.